The summed E-state index contributed by atoms with van der Waals surface area (Å²) in [6, 6.07) is 5.07. The highest BCUT2D eigenvalue weighted by molar-refractivity contribution is 7.99. The van der Waals surface area contributed by atoms with Gasteiger partial charge in [0.05, 0.1) is 19.4 Å². The minimum Gasteiger partial charge on any atom is -0.382 e. The number of aliphatic hydroxyl groups is 1. The number of tetrazole rings is 1. The van der Waals surface area contributed by atoms with Crippen LogP contribution >= 0.6 is 35.0 Å². The molecule has 0 amide bonds. The first-order valence-corrected chi connectivity index (χ1v) is 10.3. The lowest BCUT2D eigenvalue weighted by atomic mass is 9.95. The van der Waals surface area contributed by atoms with E-state index in [0.29, 0.717) is 27.3 Å². The Morgan fingerprint density at radius 2 is 2.11 bits per heavy atom. The van der Waals surface area contributed by atoms with Crippen molar-refractivity contribution in [3.63, 3.8) is 0 Å². The highest BCUT2D eigenvalue weighted by atomic mass is 35.5. The Hall–Kier alpha value is -1.65. The lowest BCUT2D eigenvalue weighted by Crippen LogP contribution is -2.34. The maximum Gasteiger partial charge on any atom is 0.231 e. The summed E-state index contributed by atoms with van der Waals surface area (Å²) in [6.45, 7) is 1.73. The number of halogens is 2. The number of nitrogens with zero attached hydrogens (tertiary/aromatic N) is 7. The normalized spacial score (nSPS) is 13.8. The molecule has 150 valence electrons. The number of rotatable bonds is 9. The molecule has 8 nitrogen and oxygen atoms in total. The molecule has 0 bridgehead atoms. The summed E-state index contributed by atoms with van der Waals surface area (Å²) in [7, 11) is 3.97. The second-order valence-corrected chi connectivity index (χ2v) is 8.44. The van der Waals surface area contributed by atoms with Crippen molar-refractivity contribution in [2.24, 2.45) is 0 Å². The van der Waals surface area contributed by atoms with Crippen molar-refractivity contribution in [1.82, 2.24) is 34.7 Å². The standard InChI is InChI=1S/C17H21Cl2N7OS/c1-24(2)7-8-26-22-16(21-23-26)28-11-17(27,10-25-6-5-20-12-25)14-4-3-13(18)9-15(14)19/h3-6,9,12,27H,7-8,10-11H2,1-2H3/t17-/m0/s1. The third kappa shape index (κ3) is 5.45. The lowest BCUT2D eigenvalue weighted by Gasteiger charge is -2.29. The molecule has 2 heterocycles. The Labute approximate surface area is 177 Å². The number of aromatic nitrogens is 6. The van der Waals surface area contributed by atoms with Crippen molar-refractivity contribution in [3.8, 4) is 0 Å². The Balaban J connectivity index is 1.78. The maximum absolute atomic E-state index is 11.5. The van der Waals surface area contributed by atoms with E-state index in [1.165, 1.54) is 11.8 Å². The topological polar surface area (TPSA) is 84.9 Å². The summed E-state index contributed by atoms with van der Waals surface area (Å²) in [6.07, 6.45) is 5.10. The number of thioether (sulfide) groups is 1. The van der Waals surface area contributed by atoms with Gasteiger partial charge in [0, 0.05) is 40.3 Å². The van der Waals surface area contributed by atoms with E-state index in [9.17, 15) is 5.11 Å². The van der Waals surface area contributed by atoms with Crippen LogP contribution in [0.15, 0.2) is 42.1 Å². The van der Waals surface area contributed by atoms with Gasteiger partial charge < -0.3 is 14.6 Å². The van der Waals surface area contributed by atoms with E-state index in [-0.39, 0.29) is 12.3 Å². The van der Waals surface area contributed by atoms with E-state index < -0.39 is 5.60 Å². The molecule has 0 aliphatic rings. The molecule has 0 saturated heterocycles. The Morgan fingerprint density at radius 1 is 1.29 bits per heavy atom. The number of likely N-dealkylation sites (N-methyl/N-ethyl adjacent to an activating group) is 1. The molecule has 3 aromatic rings. The molecule has 0 saturated carbocycles. The van der Waals surface area contributed by atoms with Crippen LogP contribution in [0.4, 0.5) is 0 Å². The lowest BCUT2D eigenvalue weighted by molar-refractivity contribution is 0.0435. The second-order valence-electron chi connectivity index (χ2n) is 6.65. The molecular formula is C17H21Cl2N7OS. The van der Waals surface area contributed by atoms with Crippen molar-refractivity contribution >= 4 is 35.0 Å². The van der Waals surface area contributed by atoms with Gasteiger partial charge in [-0.2, -0.15) is 4.80 Å². The maximum atomic E-state index is 11.5. The van der Waals surface area contributed by atoms with Crippen molar-refractivity contribution in [3.05, 3.63) is 52.5 Å². The van der Waals surface area contributed by atoms with Gasteiger partial charge in [0.2, 0.25) is 5.16 Å². The van der Waals surface area contributed by atoms with E-state index in [1.54, 1.807) is 46.3 Å². The van der Waals surface area contributed by atoms with E-state index in [1.807, 2.05) is 19.0 Å². The summed E-state index contributed by atoms with van der Waals surface area (Å²) < 4.78 is 1.80. The van der Waals surface area contributed by atoms with E-state index in [4.69, 9.17) is 23.2 Å². The van der Waals surface area contributed by atoms with Gasteiger partial charge in [0.15, 0.2) is 0 Å². The molecule has 3 rings (SSSR count). The molecule has 0 spiro atoms. The van der Waals surface area contributed by atoms with Gasteiger partial charge in [-0.25, -0.2) is 4.98 Å². The Morgan fingerprint density at radius 3 is 2.79 bits per heavy atom. The second kappa shape index (κ2) is 9.23. The highest BCUT2D eigenvalue weighted by Gasteiger charge is 2.33. The molecule has 28 heavy (non-hydrogen) atoms. The van der Waals surface area contributed by atoms with Crippen LogP contribution in [0, 0.1) is 0 Å². The molecule has 11 heteroatoms. The van der Waals surface area contributed by atoms with Gasteiger partial charge in [-0.05, 0) is 31.4 Å². The monoisotopic (exact) mass is 441 g/mol. The van der Waals surface area contributed by atoms with E-state index >= 15 is 0 Å². The molecule has 1 aromatic carbocycles. The van der Waals surface area contributed by atoms with Crippen LogP contribution in [0.2, 0.25) is 10.0 Å². The van der Waals surface area contributed by atoms with Crippen LogP contribution in [0.25, 0.3) is 0 Å². The molecule has 0 unspecified atom stereocenters. The van der Waals surface area contributed by atoms with Crippen molar-refractivity contribution in [2.45, 2.75) is 23.8 Å². The van der Waals surface area contributed by atoms with Gasteiger partial charge in [-0.15, -0.1) is 10.2 Å². The van der Waals surface area contributed by atoms with Crippen LogP contribution in [-0.2, 0) is 18.7 Å². The van der Waals surface area contributed by atoms with Crippen LogP contribution < -0.4 is 0 Å². The molecule has 1 N–H and O–H groups in total. The quantitative estimate of drug-likeness (QED) is 0.510. The summed E-state index contributed by atoms with van der Waals surface area (Å²) in [5.41, 5.74) is -0.693. The zero-order chi connectivity index (χ0) is 20.1. The predicted molar refractivity (Wildman–Crippen MR) is 110 cm³/mol. The van der Waals surface area contributed by atoms with Crippen LogP contribution in [0.5, 0.6) is 0 Å². The average Bonchev–Trinajstić information content (AvgIpc) is 3.30. The number of imidazole rings is 1. The van der Waals surface area contributed by atoms with Crippen molar-refractivity contribution in [1.29, 1.82) is 0 Å². The van der Waals surface area contributed by atoms with Gasteiger partial charge in [0.1, 0.15) is 5.60 Å². The number of benzene rings is 1. The van der Waals surface area contributed by atoms with Gasteiger partial charge in [-0.1, -0.05) is 41.0 Å². The fraction of sp³-hybridized carbons (Fsp3) is 0.412. The SMILES string of the molecule is CN(C)CCn1nnc(SC[C@@](O)(Cn2ccnc2)c2ccc(Cl)cc2Cl)n1. The van der Waals surface area contributed by atoms with Gasteiger partial charge >= 0.3 is 0 Å². The fourth-order valence-electron chi connectivity index (χ4n) is 2.61. The Bertz CT molecular complexity index is 903. The fourth-order valence-corrected chi connectivity index (χ4v) is 4.06. The van der Waals surface area contributed by atoms with Gasteiger partial charge in [0.25, 0.3) is 0 Å². The third-order valence-corrected chi connectivity index (χ3v) is 5.65. The first kappa shape index (κ1) is 21.1. The number of hydrogen-bond donors (Lipinski definition) is 1. The average molecular weight is 442 g/mol. The van der Waals surface area contributed by atoms with Crippen molar-refractivity contribution < 1.29 is 5.11 Å². The summed E-state index contributed by atoms with van der Waals surface area (Å²) in [5.74, 6) is 0.284. The molecule has 0 radical (unpaired) electrons. The summed E-state index contributed by atoms with van der Waals surface area (Å²) >= 11 is 13.7. The minimum atomic E-state index is -1.28. The van der Waals surface area contributed by atoms with Crippen LogP contribution in [0.3, 0.4) is 0 Å². The molecule has 2 aromatic heterocycles. The zero-order valence-electron chi connectivity index (χ0n) is 15.5. The Kier molecular flexibility index (Phi) is 6.95. The first-order valence-electron chi connectivity index (χ1n) is 8.55. The molecule has 0 aliphatic carbocycles. The summed E-state index contributed by atoms with van der Waals surface area (Å²) in [5, 5.41) is 25.4. The number of hydrogen-bond acceptors (Lipinski definition) is 7. The molecule has 0 fully saturated rings. The van der Waals surface area contributed by atoms with Crippen LogP contribution in [-0.4, -0.2) is 66.2 Å². The largest absolute Gasteiger partial charge is 0.382 e. The van der Waals surface area contributed by atoms with E-state index in [2.05, 4.69) is 20.4 Å². The molecule has 0 aliphatic heterocycles. The first-order chi connectivity index (χ1) is 13.4. The minimum absolute atomic E-state index is 0.274. The predicted octanol–water partition coefficient (Wildman–Crippen LogP) is 2.42. The summed E-state index contributed by atoms with van der Waals surface area (Å²) in [4.78, 5) is 7.63. The molecular weight excluding hydrogens is 421 g/mol. The third-order valence-electron chi connectivity index (χ3n) is 4.06. The smallest absolute Gasteiger partial charge is 0.231 e. The van der Waals surface area contributed by atoms with Gasteiger partial charge in [-0.3, -0.25) is 0 Å². The molecule has 1 atom stereocenters. The highest BCUT2D eigenvalue weighted by Crippen LogP contribution is 2.35. The van der Waals surface area contributed by atoms with E-state index in [0.717, 1.165) is 6.54 Å². The van der Waals surface area contributed by atoms with Crippen molar-refractivity contribution in [2.75, 3.05) is 26.4 Å². The zero-order valence-corrected chi connectivity index (χ0v) is 17.9. The van der Waals surface area contributed by atoms with Crippen LogP contribution in [0.1, 0.15) is 5.56 Å².